The lowest BCUT2D eigenvalue weighted by Crippen LogP contribution is -2.55. The number of rotatable bonds is 8. The number of sulfonamides is 1. The van der Waals surface area contributed by atoms with Crippen molar-refractivity contribution in [3.05, 3.63) is 121 Å². The molecule has 0 saturated heterocycles. The highest BCUT2D eigenvalue weighted by molar-refractivity contribution is 7.92. The number of anilines is 1. The van der Waals surface area contributed by atoms with Crippen molar-refractivity contribution >= 4 is 34.2 Å². The lowest BCUT2D eigenvalue weighted by atomic mass is 9.93. The molecule has 0 bridgehead atoms. The summed E-state index contributed by atoms with van der Waals surface area (Å²) >= 11 is 0. The van der Waals surface area contributed by atoms with Gasteiger partial charge in [-0.3, -0.25) is 4.31 Å². The molecule has 0 heterocycles. The average Bonchev–Trinajstić information content (AvgIpc) is 3.84. The number of aliphatic hydroxyl groups is 1. The second-order valence-corrected chi connectivity index (χ2v) is 16.2. The van der Waals surface area contributed by atoms with Crippen molar-refractivity contribution in [1.82, 2.24) is 0 Å². The van der Waals surface area contributed by atoms with Gasteiger partial charge in [-0.05, 0) is 53.4 Å². The third kappa shape index (κ3) is 5.88. The molecule has 1 saturated carbocycles. The topological polar surface area (TPSA) is 57.6 Å². The summed E-state index contributed by atoms with van der Waals surface area (Å²) < 4.78 is 72.7. The van der Waals surface area contributed by atoms with Gasteiger partial charge in [0.05, 0.1) is 10.6 Å². The van der Waals surface area contributed by atoms with Crippen LogP contribution in [-0.4, -0.2) is 34.3 Å². The quantitative estimate of drug-likeness (QED) is 0.214. The molecule has 0 spiro atoms. The van der Waals surface area contributed by atoms with Crippen LogP contribution in [-0.2, 0) is 15.6 Å². The van der Waals surface area contributed by atoms with Crippen molar-refractivity contribution in [1.29, 1.82) is 0 Å². The van der Waals surface area contributed by atoms with E-state index in [1.807, 2.05) is 67.2 Å². The molecule has 4 nitrogen and oxygen atoms in total. The SMILES string of the molecule is C[Si](C#CC(O)(c1cccc(N(CC2CC2)S(=O)(=O)c2ccccc2)c1)C(F)(F)F)(c1ccccc1)c1ccccc1. The van der Waals surface area contributed by atoms with Crippen molar-refractivity contribution in [2.75, 3.05) is 10.8 Å². The largest absolute Gasteiger partial charge is 0.433 e. The third-order valence-electron chi connectivity index (χ3n) is 7.61. The summed E-state index contributed by atoms with van der Waals surface area (Å²) in [5.74, 6) is 2.36. The van der Waals surface area contributed by atoms with E-state index in [0.717, 1.165) is 39.7 Å². The predicted molar refractivity (Wildman–Crippen MR) is 162 cm³/mol. The van der Waals surface area contributed by atoms with Crippen LogP contribution in [0.15, 0.2) is 120 Å². The molecule has 1 aliphatic rings. The van der Waals surface area contributed by atoms with Gasteiger partial charge in [0, 0.05) is 12.1 Å². The second-order valence-electron chi connectivity index (χ2n) is 10.7. The van der Waals surface area contributed by atoms with Gasteiger partial charge in [0.25, 0.3) is 10.0 Å². The van der Waals surface area contributed by atoms with Crippen LogP contribution in [0.5, 0.6) is 0 Å². The Morgan fingerprint density at radius 1 is 0.833 bits per heavy atom. The standard InChI is InChI=1S/C33H30F3NO3SSi/c1-42(30-16-7-3-8-17-30,31-18-9-4-10-19-31)23-22-32(38,33(34,35)36)27-12-11-13-28(24-27)37(25-26-20-21-26)41(39,40)29-14-5-2-6-15-29/h2-19,24,26,38H,20-21,25H2,1H3. The molecular weight excluding hydrogens is 576 g/mol. The fourth-order valence-electron chi connectivity index (χ4n) is 4.86. The first-order valence-corrected chi connectivity index (χ1v) is 17.5. The van der Waals surface area contributed by atoms with Crippen LogP contribution in [0.2, 0.25) is 6.55 Å². The van der Waals surface area contributed by atoms with Crippen molar-refractivity contribution < 1.29 is 26.7 Å². The molecule has 0 radical (unpaired) electrons. The lowest BCUT2D eigenvalue weighted by molar-refractivity contribution is -0.240. The number of alkyl halides is 3. The number of hydrogen-bond donors (Lipinski definition) is 1. The van der Waals surface area contributed by atoms with Gasteiger partial charge in [-0.2, -0.15) is 13.2 Å². The van der Waals surface area contributed by atoms with Crippen molar-refractivity contribution in [2.45, 2.75) is 36.1 Å². The summed E-state index contributed by atoms with van der Waals surface area (Å²) in [6.07, 6.45) is -3.50. The number of nitrogens with zero attached hydrogens (tertiary/aromatic N) is 1. The van der Waals surface area contributed by atoms with Crippen molar-refractivity contribution in [3.8, 4) is 11.5 Å². The highest BCUT2D eigenvalue weighted by Gasteiger charge is 2.55. The maximum absolute atomic E-state index is 14.8. The maximum atomic E-state index is 14.8. The first-order chi connectivity index (χ1) is 19.9. The zero-order chi connectivity index (χ0) is 30.0. The van der Waals surface area contributed by atoms with E-state index >= 15 is 0 Å². The molecular formula is C33H30F3NO3SSi. The summed E-state index contributed by atoms with van der Waals surface area (Å²) in [4.78, 5) is 0.0365. The summed E-state index contributed by atoms with van der Waals surface area (Å²) in [6, 6.07) is 31.0. The molecule has 1 unspecified atom stereocenters. The lowest BCUT2D eigenvalue weighted by Gasteiger charge is -2.30. The molecule has 9 heteroatoms. The van der Waals surface area contributed by atoms with E-state index in [-0.39, 0.29) is 23.0 Å². The van der Waals surface area contributed by atoms with Gasteiger partial charge in [-0.15, -0.1) is 5.54 Å². The van der Waals surface area contributed by atoms with E-state index in [4.69, 9.17) is 0 Å². The van der Waals surface area contributed by atoms with Crippen LogP contribution < -0.4 is 14.7 Å². The van der Waals surface area contributed by atoms with Gasteiger partial charge in [0.2, 0.25) is 5.60 Å². The van der Waals surface area contributed by atoms with Crippen LogP contribution >= 0.6 is 0 Å². The molecule has 42 heavy (non-hydrogen) atoms. The fourth-order valence-corrected chi connectivity index (χ4v) is 9.18. The Morgan fingerprint density at radius 2 is 1.36 bits per heavy atom. The molecule has 0 amide bonds. The van der Waals surface area contributed by atoms with Gasteiger partial charge >= 0.3 is 6.18 Å². The summed E-state index contributed by atoms with van der Waals surface area (Å²) in [7, 11) is -7.15. The van der Waals surface area contributed by atoms with Crippen LogP contribution in [0.4, 0.5) is 18.9 Å². The minimum Gasteiger partial charge on any atom is -0.366 e. The Hall–Kier alpha value is -3.84. The highest BCUT2D eigenvalue weighted by atomic mass is 32.2. The minimum atomic E-state index is -5.17. The Bertz CT molecular complexity index is 1660. The van der Waals surface area contributed by atoms with E-state index in [0.29, 0.717) is 0 Å². The van der Waals surface area contributed by atoms with E-state index in [2.05, 4.69) is 11.5 Å². The molecule has 1 N–H and O–H groups in total. The molecule has 1 fully saturated rings. The van der Waals surface area contributed by atoms with Crippen LogP contribution in [0, 0.1) is 17.4 Å². The normalized spacial score (nSPS) is 15.3. The highest BCUT2D eigenvalue weighted by Crippen LogP contribution is 2.41. The summed E-state index contributed by atoms with van der Waals surface area (Å²) in [5.41, 5.74) is -1.13. The molecule has 4 aromatic carbocycles. The van der Waals surface area contributed by atoms with Gasteiger partial charge in [0.1, 0.15) is 0 Å². The third-order valence-corrected chi connectivity index (χ3v) is 13.0. The predicted octanol–water partition coefficient (Wildman–Crippen LogP) is 5.48. The van der Waals surface area contributed by atoms with E-state index in [1.165, 1.54) is 24.3 Å². The Balaban J connectivity index is 1.63. The second kappa shape index (κ2) is 11.4. The Labute approximate surface area is 245 Å². The zero-order valence-electron chi connectivity index (χ0n) is 22.9. The molecule has 0 aliphatic heterocycles. The van der Waals surface area contributed by atoms with E-state index in [1.54, 1.807) is 18.2 Å². The fraction of sp³-hybridized carbons (Fsp3) is 0.212. The molecule has 1 aliphatic carbocycles. The van der Waals surface area contributed by atoms with Gasteiger partial charge in [0.15, 0.2) is 8.07 Å². The zero-order valence-corrected chi connectivity index (χ0v) is 24.7. The van der Waals surface area contributed by atoms with E-state index < -0.39 is 35.4 Å². The smallest absolute Gasteiger partial charge is 0.366 e. The number of benzene rings is 4. The molecule has 0 aromatic heterocycles. The summed E-state index contributed by atoms with van der Waals surface area (Å²) in [5, 5.41) is 12.9. The number of halogens is 3. The molecule has 1 atom stereocenters. The van der Waals surface area contributed by atoms with Gasteiger partial charge in [-0.25, -0.2) is 8.42 Å². The first kappa shape index (κ1) is 29.6. The number of hydrogen-bond acceptors (Lipinski definition) is 3. The molecule has 216 valence electrons. The first-order valence-electron chi connectivity index (χ1n) is 13.6. The Kier molecular flexibility index (Phi) is 8.08. The van der Waals surface area contributed by atoms with Gasteiger partial charge in [-0.1, -0.05) is 103 Å². The van der Waals surface area contributed by atoms with E-state index in [9.17, 15) is 26.7 Å². The summed E-state index contributed by atoms with van der Waals surface area (Å²) in [6.45, 7) is 1.98. The van der Waals surface area contributed by atoms with Crippen LogP contribution in [0.25, 0.3) is 0 Å². The average molecular weight is 606 g/mol. The monoisotopic (exact) mass is 605 g/mol. The molecule has 5 rings (SSSR count). The molecule has 4 aromatic rings. The minimum absolute atomic E-state index is 0.0365. The maximum Gasteiger partial charge on any atom is 0.433 e. The van der Waals surface area contributed by atoms with Crippen molar-refractivity contribution in [3.63, 3.8) is 0 Å². The Morgan fingerprint density at radius 3 is 1.86 bits per heavy atom. The van der Waals surface area contributed by atoms with Gasteiger partial charge < -0.3 is 5.11 Å². The van der Waals surface area contributed by atoms with Crippen molar-refractivity contribution in [2.24, 2.45) is 5.92 Å². The van der Waals surface area contributed by atoms with Crippen LogP contribution in [0.1, 0.15) is 18.4 Å². The van der Waals surface area contributed by atoms with Crippen LogP contribution in [0.3, 0.4) is 0 Å².